The van der Waals surface area contributed by atoms with Gasteiger partial charge in [0.1, 0.15) is 5.94 Å². The smallest absolute Gasteiger partial charge is 0.203 e. The molecule has 0 aliphatic rings. The minimum absolute atomic E-state index is 0.239. The predicted octanol–water partition coefficient (Wildman–Crippen LogP) is 4.08. The van der Waals surface area contributed by atoms with Gasteiger partial charge in [-0.2, -0.15) is 0 Å². The number of hydrogen-bond donors (Lipinski definition) is 0. The monoisotopic (exact) mass is 369 g/mol. The summed E-state index contributed by atoms with van der Waals surface area (Å²) in [6.45, 7) is 1.96. The molecular formula is C22H27NO4. The van der Waals surface area contributed by atoms with Crippen LogP contribution in [-0.4, -0.2) is 41.4 Å². The molecule has 2 rings (SSSR count). The van der Waals surface area contributed by atoms with Crippen molar-refractivity contribution in [2.24, 2.45) is 0 Å². The molecule has 5 heteroatoms. The molecule has 5 nitrogen and oxygen atoms in total. The number of anilines is 1. The standard InChI is InChI=1S/C22H27NO4/c1-7-15(14-24)21(16-8-10-18(11-9-16)23(2)3)17-12-19(25-4)22(27-6)20(13-17)26-5/h8-13,21H,7H2,1-6H3. The number of allylic oxidation sites excluding steroid dienone is 1. The molecule has 0 radical (unpaired) electrons. The Balaban J connectivity index is 2.66. The molecule has 0 saturated carbocycles. The van der Waals surface area contributed by atoms with Gasteiger partial charge in [-0.1, -0.05) is 19.1 Å². The van der Waals surface area contributed by atoms with E-state index in [9.17, 15) is 4.79 Å². The van der Waals surface area contributed by atoms with Gasteiger partial charge in [0.15, 0.2) is 11.5 Å². The number of rotatable bonds is 8. The predicted molar refractivity (Wildman–Crippen MR) is 108 cm³/mol. The molecule has 0 aromatic heterocycles. The largest absolute Gasteiger partial charge is 0.493 e. The fourth-order valence-corrected chi connectivity index (χ4v) is 3.16. The molecule has 0 heterocycles. The van der Waals surface area contributed by atoms with Crippen molar-refractivity contribution in [3.8, 4) is 17.2 Å². The Morgan fingerprint density at radius 3 is 1.89 bits per heavy atom. The van der Waals surface area contributed by atoms with Gasteiger partial charge in [0.05, 0.1) is 21.3 Å². The topological polar surface area (TPSA) is 48.0 Å². The van der Waals surface area contributed by atoms with E-state index in [0.29, 0.717) is 29.2 Å². The molecule has 0 saturated heterocycles. The molecule has 144 valence electrons. The molecule has 0 fully saturated rings. The van der Waals surface area contributed by atoms with Crippen molar-refractivity contribution in [3.05, 3.63) is 53.1 Å². The Morgan fingerprint density at radius 1 is 0.963 bits per heavy atom. The van der Waals surface area contributed by atoms with Crippen LogP contribution in [0.15, 0.2) is 42.0 Å². The second-order valence-electron chi connectivity index (χ2n) is 6.36. The summed E-state index contributed by atoms with van der Waals surface area (Å²) in [5, 5.41) is 0. The summed E-state index contributed by atoms with van der Waals surface area (Å²) in [7, 11) is 8.72. The maximum absolute atomic E-state index is 11.7. The first kappa shape index (κ1) is 20.4. The number of benzene rings is 2. The molecular weight excluding hydrogens is 342 g/mol. The maximum atomic E-state index is 11.7. The second-order valence-corrected chi connectivity index (χ2v) is 6.36. The minimum Gasteiger partial charge on any atom is -0.493 e. The van der Waals surface area contributed by atoms with Crippen LogP contribution in [0.25, 0.3) is 0 Å². The Morgan fingerprint density at radius 2 is 1.52 bits per heavy atom. The van der Waals surface area contributed by atoms with Crippen molar-refractivity contribution < 1.29 is 19.0 Å². The molecule has 0 amide bonds. The van der Waals surface area contributed by atoms with Crippen molar-refractivity contribution >= 4 is 11.6 Å². The first-order valence-electron chi connectivity index (χ1n) is 8.81. The van der Waals surface area contributed by atoms with Crippen LogP contribution in [0.5, 0.6) is 17.2 Å². The third kappa shape index (κ3) is 4.26. The van der Waals surface area contributed by atoms with E-state index in [1.54, 1.807) is 21.3 Å². The van der Waals surface area contributed by atoms with E-state index in [0.717, 1.165) is 16.8 Å². The van der Waals surface area contributed by atoms with E-state index < -0.39 is 0 Å². The molecule has 2 aromatic rings. The average Bonchev–Trinajstić information content (AvgIpc) is 2.70. The molecule has 0 spiro atoms. The van der Waals surface area contributed by atoms with Gasteiger partial charge in [-0.05, 0) is 41.8 Å². The van der Waals surface area contributed by atoms with Gasteiger partial charge in [-0.3, -0.25) is 0 Å². The van der Waals surface area contributed by atoms with Crippen LogP contribution in [0.2, 0.25) is 0 Å². The summed E-state index contributed by atoms with van der Waals surface area (Å²) in [6.07, 6.45) is 0.597. The first-order valence-corrected chi connectivity index (χ1v) is 8.81. The van der Waals surface area contributed by atoms with Gasteiger partial charge in [0, 0.05) is 31.3 Å². The lowest BCUT2D eigenvalue weighted by atomic mass is 9.84. The van der Waals surface area contributed by atoms with E-state index in [-0.39, 0.29) is 5.92 Å². The molecule has 0 aliphatic heterocycles. The van der Waals surface area contributed by atoms with Crippen LogP contribution >= 0.6 is 0 Å². The van der Waals surface area contributed by atoms with Crippen LogP contribution in [0, 0.1) is 0 Å². The number of nitrogens with zero attached hydrogens (tertiary/aromatic N) is 1. The van der Waals surface area contributed by atoms with Crippen molar-refractivity contribution in [3.63, 3.8) is 0 Å². The summed E-state index contributed by atoms with van der Waals surface area (Å²) in [4.78, 5) is 13.7. The van der Waals surface area contributed by atoms with E-state index >= 15 is 0 Å². The zero-order chi connectivity index (χ0) is 20.0. The van der Waals surface area contributed by atoms with Crippen LogP contribution in [-0.2, 0) is 4.79 Å². The SMILES string of the molecule is CCC(=C=O)C(c1ccc(N(C)C)cc1)c1cc(OC)c(OC)c(OC)c1. The lowest BCUT2D eigenvalue weighted by Gasteiger charge is -2.22. The highest BCUT2D eigenvalue weighted by Crippen LogP contribution is 2.43. The summed E-state index contributed by atoms with van der Waals surface area (Å²) < 4.78 is 16.4. The number of carbonyl (C=O) groups excluding carboxylic acids is 1. The van der Waals surface area contributed by atoms with Crippen molar-refractivity contribution in [2.75, 3.05) is 40.3 Å². The van der Waals surface area contributed by atoms with Crippen molar-refractivity contribution in [1.82, 2.24) is 0 Å². The number of ether oxygens (including phenoxy) is 3. The lowest BCUT2D eigenvalue weighted by molar-refractivity contribution is 0.323. The lowest BCUT2D eigenvalue weighted by Crippen LogP contribution is -2.10. The Hall–Kier alpha value is -2.91. The normalized spacial score (nSPS) is 11.3. The molecule has 1 unspecified atom stereocenters. The fourth-order valence-electron chi connectivity index (χ4n) is 3.16. The number of methoxy groups -OCH3 is 3. The molecule has 1 atom stereocenters. The fraction of sp³-hybridized carbons (Fsp3) is 0.364. The third-order valence-corrected chi connectivity index (χ3v) is 4.62. The van der Waals surface area contributed by atoms with Crippen LogP contribution in [0.4, 0.5) is 5.69 Å². The Labute approximate surface area is 161 Å². The molecule has 0 aliphatic carbocycles. The highest BCUT2D eigenvalue weighted by atomic mass is 16.5. The van der Waals surface area contributed by atoms with Crippen LogP contribution in [0.1, 0.15) is 30.4 Å². The van der Waals surface area contributed by atoms with Crippen molar-refractivity contribution in [1.29, 1.82) is 0 Å². The molecule has 0 N–H and O–H groups in total. The van der Waals surface area contributed by atoms with E-state index in [1.807, 2.05) is 62.3 Å². The van der Waals surface area contributed by atoms with Gasteiger partial charge in [0.25, 0.3) is 0 Å². The van der Waals surface area contributed by atoms with Gasteiger partial charge in [-0.15, -0.1) is 0 Å². The summed E-state index contributed by atoms with van der Waals surface area (Å²) in [5.74, 6) is 3.54. The molecule has 2 aromatic carbocycles. The molecule has 0 bridgehead atoms. The van der Waals surface area contributed by atoms with Crippen molar-refractivity contribution in [2.45, 2.75) is 19.3 Å². The van der Waals surface area contributed by atoms with Crippen LogP contribution in [0.3, 0.4) is 0 Å². The zero-order valence-electron chi connectivity index (χ0n) is 16.8. The first-order chi connectivity index (χ1) is 13.0. The second kappa shape index (κ2) is 9.15. The van der Waals surface area contributed by atoms with E-state index in [1.165, 1.54) is 0 Å². The highest BCUT2D eigenvalue weighted by molar-refractivity contribution is 5.63. The minimum atomic E-state index is -0.239. The average molecular weight is 369 g/mol. The summed E-state index contributed by atoms with van der Waals surface area (Å²) in [5.41, 5.74) is 3.66. The Kier molecular flexibility index (Phi) is 6.91. The number of hydrogen-bond acceptors (Lipinski definition) is 5. The molecule has 27 heavy (non-hydrogen) atoms. The quantitative estimate of drug-likeness (QED) is 0.656. The summed E-state index contributed by atoms with van der Waals surface area (Å²) >= 11 is 0. The van der Waals surface area contributed by atoms with Gasteiger partial charge >= 0.3 is 0 Å². The van der Waals surface area contributed by atoms with Gasteiger partial charge < -0.3 is 19.1 Å². The summed E-state index contributed by atoms with van der Waals surface area (Å²) in [6, 6.07) is 11.9. The third-order valence-electron chi connectivity index (χ3n) is 4.62. The van der Waals surface area contributed by atoms with Gasteiger partial charge in [0.2, 0.25) is 5.75 Å². The van der Waals surface area contributed by atoms with Gasteiger partial charge in [-0.25, -0.2) is 4.79 Å². The zero-order valence-corrected chi connectivity index (χ0v) is 16.8. The van der Waals surface area contributed by atoms with E-state index in [2.05, 4.69) is 5.94 Å². The highest BCUT2D eigenvalue weighted by Gasteiger charge is 2.23. The Bertz CT molecular complexity index is 796. The van der Waals surface area contributed by atoms with E-state index in [4.69, 9.17) is 14.2 Å². The van der Waals surface area contributed by atoms with Crippen LogP contribution < -0.4 is 19.1 Å². The maximum Gasteiger partial charge on any atom is 0.203 e.